The summed E-state index contributed by atoms with van der Waals surface area (Å²) in [6.45, 7) is 5.16. The maximum Gasteiger partial charge on any atom is 0.178 e. The van der Waals surface area contributed by atoms with Gasteiger partial charge in [0.2, 0.25) is 0 Å². The number of halogens is 1. The minimum absolute atomic E-state index is 0.807. The van der Waals surface area contributed by atoms with E-state index in [9.17, 15) is 0 Å². The summed E-state index contributed by atoms with van der Waals surface area (Å²) < 4.78 is 2.19. The maximum atomic E-state index is 6.75. The van der Waals surface area contributed by atoms with Gasteiger partial charge in [0.25, 0.3) is 0 Å². The molecule has 2 heteroatoms. The van der Waals surface area contributed by atoms with Gasteiger partial charge in [0.05, 0.1) is 16.1 Å². The first kappa shape index (κ1) is 14.8. The molecule has 0 spiro atoms. The van der Waals surface area contributed by atoms with Gasteiger partial charge in [0, 0.05) is 0 Å². The van der Waals surface area contributed by atoms with Gasteiger partial charge in [-0.25, -0.2) is 4.57 Å². The summed E-state index contributed by atoms with van der Waals surface area (Å²) in [5, 5.41) is 0.807. The number of rotatable bonds is 3. The molecule has 1 heterocycles. The lowest BCUT2D eigenvalue weighted by Gasteiger charge is -2.10. The van der Waals surface area contributed by atoms with E-state index in [2.05, 4.69) is 67.2 Å². The van der Waals surface area contributed by atoms with Gasteiger partial charge in [0.15, 0.2) is 12.4 Å². The van der Waals surface area contributed by atoms with Crippen molar-refractivity contribution in [3.63, 3.8) is 0 Å². The number of benzene rings is 2. The molecule has 0 unspecified atom stereocenters. The van der Waals surface area contributed by atoms with Crippen LogP contribution in [0.2, 0.25) is 5.02 Å². The Balaban J connectivity index is 2.23. The normalized spacial score (nSPS) is 10.7. The molecule has 3 rings (SSSR count). The molecule has 0 saturated carbocycles. The van der Waals surface area contributed by atoms with Crippen molar-refractivity contribution in [2.24, 2.45) is 0 Å². The highest BCUT2D eigenvalue weighted by atomic mass is 35.5. The number of hydrogen-bond donors (Lipinski definition) is 0. The highest BCUT2D eigenvalue weighted by Crippen LogP contribution is 2.35. The second-order valence-electron chi connectivity index (χ2n) is 5.47. The highest BCUT2D eigenvalue weighted by Gasteiger charge is 2.16. The third-order valence-electron chi connectivity index (χ3n) is 3.84. The molecule has 0 amide bonds. The number of aryl methyl sites for hydroxylation is 2. The van der Waals surface area contributed by atoms with Crippen molar-refractivity contribution in [3.05, 3.63) is 77.6 Å². The minimum Gasteiger partial charge on any atom is -0.204 e. The molecule has 0 bridgehead atoms. The third-order valence-corrected chi connectivity index (χ3v) is 4.25. The first-order valence-corrected chi connectivity index (χ1v) is 7.92. The minimum atomic E-state index is 0.807. The molecular weight excluding hydrogens is 290 g/mol. The van der Waals surface area contributed by atoms with Crippen LogP contribution < -0.4 is 4.57 Å². The lowest BCUT2D eigenvalue weighted by atomic mass is 10.0. The smallest absolute Gasteiger partial charge is 0.178 e. The summed E-state index contributed by atoms with van der Waals surface area (Å²) in [5.74, 6) is 0. The van der Waals surface area contributed by atoms with Crippen LogP contribution in [-0.4, -0.2) is 0 Å². The Bertz CT molecular complexity index is 794. The third kappa shape index (κ3) is 2.90. The molecule has 1 nitrogen and oxygen atoms in total. The molecule has 0 aliphatic carbocycles. The molecular formula is C20H19ClN+. The molecule has 0 N–H and O–H groups in total. The Morgan fingerprint density at radius 2 is 1.50 bits per heavy atom. The zero-order valence-corrected chi connectivity index (χ0v) is 13.6. The van der Waals surface area contributed by atoms with E-state index < -0.39 is 0 Å². The summed E-state index contributed by atoms with van der Waals surface area (Å²) in [5.41, 5.74) is 5.69. The predicted octanol–water partition coefficient (Wildman–Crippen LogP) is 5.29. The van der Waals surface area contributed by atoms with Crippen LogP contribution in [0.3, 0.4) is 0 Å². The lowest BCUT2D eigenvalue weighted by Crippen LogP contribution is -2.32. The molecule has 0 aliphatic heterocycles. The van der Waals surface area contributed by atoms with E-state index in [4.69, 9.17) is 11.6 Å². The van der Waals surface area contributed by atoms with Gasteiger partial charge in [0.1, 0.15) is 6.54 Å². The Morgan fingerprint density at radius 3 is 2.14 bits per heavy atom. The summed E-state index contributed by atoms with van der Waals surface area (Å²) >= 11 is 6.75. The van der Waals surface area contributed by atoms with Crippen LogP contribution in [-0.2, 0) is 6.54 Å². The Hall–Kier alpha value is -2.12. The molecule has 22 heavy (non-hydrogen) atoms. The molecule has 2 aromatic carbocycles. The van der Waals surface area contributed by atoms with Gasteiger partial charge in [-0.05, 0) is 25.0 Å². The lowest BCUT2D eigenvalue weighted by molar-refractivity contribution is -0.692. The fourth-order valence-corrected chi connectivity index (χ4v) is 2.96. The maximum absolute atomic E-state index is 6.75. The van der Waals surface area contributed by atoms with Crippen molar-refractivity contribution in [2.75, 3.05) is 0 Å². The Morgan fingerprint density at radius 1 is 0.864 bits per heavy atom. The van der Waals surface area contributed by atoms with Gasteiger partial charge in [-0.2, -0.15) is 0 Å². The second kappa shape index (κ2) is 6.33. The van der Waals surface area contributed by atoms with Crippen molar-refractivity contribution in [3.8, 4) is 22.3 Å². The van der Waals surface area contributed by atoms with Gasteiger partial charge < -0.3 is 0 Å². The van der Waals surface area contributed by atoms with Crippen molar-refractivity contribution < 1.29 is 4.57 Å². The Kier molecular flexibility index (Phi) is 4.26. The topological polar surface area (TPSA) is 3.88 Å². The van der Waals surface area contributed by atoms with Crippen LogP contribution in [0.5, 0.6) is 0 Å². The average molecular weight is 309 g/mol. The summed E-state index contributed by atoms with van der Waals surface area (Å²) in [6.07, 6.45) is 4.25. The number of nitrogens with zero attached hydrogens (tertiary/aromatic N) is 1. The number of hydrogen-bond acceptors (Lipinski definition) is 0. The first-order chi connectivity index (χ1) is 10.7. The van der Waals surface area contributed by atoms with Crippen LogP contribution in [0.15, 0.2) is 67.0 Å². The molecule has 0 radical (unpaired) electrons. The number of aromatic nitrogens is 1. The van der Waals surface area contributed by atoms with Crippen molar-refractivity contribution in [2.45, 2.75) is 20.4 Å². The molecule has 0 aliphatic rings. The molecule has 1 aromatic heterocycles. The molecule has 3 aromatic rings. The Labute approximate surface area is 136 Å². The van der Waals surface area contributed by atoms with Crippen molar-refractivity contribution in [1.29, 1.82) is 0 Å². The second-order valence-corrected chi connectivity index (χ2v) is 5.84. The monoisotopic (exact) mass is 308 g/mol. The zero-order valence-electron chi connectivity index (χ0n) is 12.9. The largest absolute Gasteiger partial charge is 0.204 e. The van der Waals surface area contributed by atoms with Gasteiger partial charge in [-0.1, -0.05) is 71.8 Å². The van der Waals surface area contributed by atoms with Gasteiger partial charge in [-0.15, -0.1) is 0 Å². The van der Waals surface area contributed by atoms with Crippen LogP contribution in [0.1, 0.15) is 12.5 Å². The van der Waals surface area contributed by atoms with E-state index in [1.807, 2.05) is 18.2 Å². The van der Waals surface area contributed by atoms with Crippen molar-refractivity contribution in [1.82, 2.24) is 0 Å². The fraction of sp³-hybridized carbons (Fsp3) is 0.150. The summed E-state index contributed by atoms with van der Waals surface area (Å²) in [4.78, 5) is 0. The molecule has 0 fully saturated rings. The van der Waals surface area contributed by atoms with Crippen LogP contribution in [0.4, 0.5) is 0 Å². The standard InChI is InChI=1S/C20H19ClN/c1-3-22-13-18(16-9-5-4-6-10-16)20(21)19(14-22)17-11-7-8-15(2)12-17/h4-14H,3H2,1-2H3/q+1. The molecule has 0 saturated heterocycles. The number of pyridine rings is 1. The fourth-order valence-electron chi connectivity index (χ4n) is 2.64. The van der Waals surface area contributed by atoms with E-state index >= 15 is 0 Å². The first-order valence-electron chi connectivity index (χ1n) is 7.54. The molecule has 0 atom stereocenters. The van der Waals surface area contributed by atoms with E-state index in [1.54, 1.807) is 0 Å². The van der Waals surface area contributed by atoms with Crippen molar-refractivity contribution >= 4 is 11.6 Å². The summed E-state index contributed by atoms with van der Waals surface area (Å²) in [7, 11) is 0. The average Bonchev–Trinajstić information content (AvgIpc) is 2.56. The van der Waals surface area contributed by atoms with E-state index in [0.29, 0.717) is 0 Å². The van der Waals surface area contributed by atoms with Gasteiger partial charge in [-0.3, -0.25) is 0 Å². The highest BCUT2D eigenvalue weighted by molar-refractivity contribution is 6.35. The van der Waals surface area contributed by atoms with Crippen LogP contribution >= 0.6 is 11.6 Å². The van der Waals surface area contributed by atoms with Gasteiger partial charge >= 0.3 is 0 Å². The predicted molar refractivity (Wildman–Crippen MR) is 92.9 cm³/mol. The summed E-state index contributed by atoms with van der Waals surface area (Å²) in [6, 6.07) is 18.8. The molecule has 110 valence electrons. The van der Waals surface area contributed by atoms with Crippen LogP contribution in [0.25, 0.3) is 22.3 Å². The SMILES string of the molecule is CC[n+]1cc(-c2ccccc2)c(Cl)c(-c2cccc(C)c2)c1. The van der Waals surface area contributed by atoms with E-state index in [-0.39, 0.29) is 0 Å². The zero-order chi connectivity index (χ0) is 15.5. The van der Waals surface area contributed by atoms with E-state index in [0.717, 1.165) is 33.8 Å². The quantitative estimate of drug-likeness (QED) is 0.579. The van der Waals surface area contributed by atoms with Crippen LogP contribution in [0, 0.1) is 6.92 Å². The van der Waals surface area contributed by atoms with E-state index in [1.165, 1.54) is 5.56 Å².